The Balaban J connectivity index is 2.22. The molecule has 32 heavy (non-hydrogen) atoms. The first-order valence-corrected chi connectivity index (χ1v) is 12.4. The Bertz CT molecular complexity index is 491. The zero-order chi connectivity index (χ0) is 23.9. The number of unbranched alkanes of at least 4 members (excludes halogenated alkanes) is 11. The van der Waals surface area contributed by atoms with Crippen LogP contribution in [-0.4, -0.2) is 86.0 Å². The Morgan fingerprint density at radius 1 is 0.812 bits per heavy atom. The van der Waals surface area contributed by atoms with E-state index in [9.17, 15) is 30.6 Å². The van der Waals surface area contributed by atoms with Crippen molar-refractivity contribution in [3.63, 3.8) is 0 Å². The standard InChI is InChI=1S/C24H47NO7/c1-2-3-4-5-6-7-8-9-10-11-12-13-14-15-17(27)19(25)21(29)24-23(31)22(30)20(28)18(16-26)32-24/h14-15,17-24,26-31H,2-13,16,25H2,1H3/b15-14+/t17-,18-,19-,20-,21?,22+,23-,24+/m1/s1. The summed E-state index contributed by atoms with van der Waals surface area (Å²) in [6.07, 6.45) is 8.26. The van der Waals surface area contributed by atoms with Crippen LogP contribution in [0.2, 0.25) is 0 Å². The highest BCUT2D eigenvalue weighted by atomic mass is 16.6. The molecule has 8 atom stereocenters. The maximum Gasteiger partial charge on any atom is 0.114 e. The molecule has 1 rings (SSSR count). The van der Waals surface area contributed by atoms with Gasteiger partial charge in [0, 0.05) is 0 Å². The molecule has 8 heteroatoms. The zero-order valence-corrected chi connectivity index (χ0v) is 19.6. The van der Waals surface area contributed by atoms with Crippen LogP contribution < -0.4 is 5.73 Å². The average Bonchev–Trinajstić information content (AvgIpc) is 2.79. The quantitative estimate of drug-likeness (QED) is 0.126. The first kappa shape index (κ1) is 29.5. The van der Waals surface area contributed by atoms with E-state index in [4.69, 9.17) is 10.5 Å². The van der Waals surface area contributed by atoms with Crippen LogP contribution >= 0.6 is 0 Å². The molecular formula is C24H47NO7. The molecule has 190 valence electrons. The van der Waals surface area contributed by atoms with Crippen molar-refractivity contribution in [2.75, 3.05) is 6.61 Å². The molecule has 8 N–H and O–H groups in total. The largest absolute Gasteiger partial charge is 0.394 e. The molecule has 0 aromatic heterocycles. The lowest BCUT2D eigenvalue weighted by molar-refractivity contribution is -0.252. The fraction of sp³-hybridized carbons (Fsp3) is 0.917. The van der Waals surface area contributed by atoms with Gasteiger partial charge in [0.15, 0.2) is 0 Å². The summed E-state index contributed by atoms with van der Waals surface area (Å²) in [6, 6.07) is -1.16. The maximum atomic E-state index is 10.4. The molecule has 0 aliphatic carbocycles. The van der Waals surface area contributed by atoms with Gasteiger partial charge in [-0.25, -0.2) is 0 Å². The van der Waals surface area contributed by atoms with E-state index in [1.165, 1.54) is 63.9 Å². The zero-order valence-electron chi connectivity index (χ0n) is 19.6. The second-order valence-electron chi connectivity index (χ2n) is 9.10. The second kappa shape index (κ2) is 16.9. The van der Waals surface area contributed by atoms with Crippen molar-refractivity contribution in [1.82, 2.24) is 0 Å². The maximum absolute atomic E-state index is 10.4. The lowest BCUT2D eigenvalue weighted by atomic mass is 9.88. The van der Waals surface area contributed by atoms with Gasteiger partial charge in [0.05, 0.1) is 18.8 Å². The van der Waals surface area contributed by atoms with E-state index in [0.717, 1.165) is 19.3 Å². The third-order valence-corrected chi connectivity index (χ3v) is 6.36. The minimum Gasteiger partial charge on any atom is -0.394 e. The van der Waals surface area contributed by atoms with E-state index >= 15 is 0 Å². The lowest BCUT2D eigenvalue weighted by Gasteiger charge is -2.43. The van der Waals surface area contributed by atoms with Crippen LogP contribution in [0.4, 0.5) is 0 Å². The van der Waals surface area contributed by atoms with Crippen molar-refractivity contribution in [2.24, 2.45) is 5.73 Å². The Hall–Kier alpha value is -0.580. The molecule has 0 amide bonds. The summed E-state index contributed by atoms with van der Waals surface area (Å²) in [6.45, 7) is 1.64. The topological polar surface area (TPSA) is 157 Å². The summed E-state index contributed by atoms with van der Waals surface area (Å²) in [5.74, 6) is 0. The Kier molecular flexibility index (Phi) is 15.6. The van der Waals surface area contributed by atoms with Crippen LogP contribution in [-0.2, 0) is 4.74 Å². The molecule has 1 heterocycles. The Morgan fingerprint density at radius 2 is 1.34 bits per heavy atom. The van der Waals surface area contributed by atoms with Gasteiger partial charge in [-0.15, -0.1) is 0 Å². The van der Waals surface area contributed by atoms with Crippen molar-refractivity contribution in [1.29, 1.82) is 0 Å². The molecule has 0 aromatic rings. The van der Waals surface area contributed by atoms with E-state index in [1.807, 2.05) is 6.08 Å². The van der Waals surface area contributed by atoms with Crippen LogP contribution in [0.1, 0.15) is 84.0 Å². The molecule has 8 nitrogen and oxygen atoms in total. The molecule has 1 saturated heterocycles. The third-order valence-electron chi connectivity index (χ3n) is 6.36. The molecule has 0 spiro atoms. The Labute approximate surface area is 193 Å². The average molecular weight is 462 g/mol. The van der Waals surface area contributed by atoms with Crippen LogP contribution in [0.3, 0.4) is 0 Å². The predicted octanol–water partition coefficient (Wildman–Crippen LogP) is 1.14. The van der Waals surface area contributed by atoms with Crippen molar-refractivity contribution < 1.29 is 35.4 Å². The molecule has 1 aliphatic rings. The van der Waals surface area contributed by atoms with Crippen LogP contribution in [0.25, 0.3) is 0 Å². The summed E-state index contributed by atoms with van der Waals surface area (Å²) < 4.78 is 5.31. The Morgan fingerprint density at radius 3 is 1.88 bits per heavy atom. The highest BCUT2D eigenvalue weighted by Crippen LogP contribution is 2.25. The summed E-state index contributed by atoms with van der Waals surface area (Å²) >= 11 is 0. The first-order valence-electron chi connectivity index (χ1n) is 12.4. The number of hydrogen-bond donors (Lipinski definition) is 7. The van der Waals surface area contributed by atoms with Crippen molar-refractivity contribution >= 4 is 0 Å². The number of aliphatic hydroxyl groups is 6. The minimum atomic E-state index is -1.60. The number of nitrogens with two attached hydrogens (primary N) is 1. The van der Waals surface area contributed by atoms with Crippen LogP contribution in [0.5, 0.6) is 0 Å². The molecule has 0 saturated carbocycles. The van der Waals surface area contributed by atoms with Crippen LogP contribution in [0.15, 0.2) is 12.2 Å². The monoisotopic (exact) mass is 461 g/mol. The summed E-state index contributed by atoms with van der Waals surface area (Å²) in [7, 11) is 0. The molecule has 1 fully saturated rings. The number of rotatable bonds is 17. The summed E-state index contributed by atoms with van der Waals surface area (Å²) in [5, 5.41) is 59.7. The van der Waals surface area contributed by atoms with Crippen molar-refractivity contribution in [2.45, 2.75) is 133 Å². The SMILES string of the molecule is CCCCCCCCCCCCC/C=C/[C@@H](O)[C@@H](N)C(O)[C@@H]1O[C@H](CO)[C@@H](O)[C@H](O)[C@H]1O. The normalized spacial score (nSPS) is 29.3. The second-order valence-corrected chi connectivity index (χ2v) is 9.10. The highest BCUT2D eigenvalue weighted by Gasteiger charge is 2.47. The minimum absolute atomic E-state index is 0.592. The van der Waals surface area contributed by atoms with Gasteiger partial charge in [0.2, 0.25) is 0 Å². The first-order chi connectivity index (χ1) is 15.3. The van der Waals surface area contributed by atoms with Gasteiger partial charge in [-0.3, -0.25) is 0 Å². The fourth-order valence-corrected chi connectivity index (χ4v) is 4.12. The highest BCUT2D eigenvalue weighted by molar-refractivity contribution is 5.02. The molecule has 0 radical (unpaired) electrons. The van der Waals surface area contributed by atoms with E-state index in [-0.39, 0.29) is 0 Å². The molecule has 1 aliphatic heterocycles. The van der Waals surface area contributed by atoms with Gasteiger partial charge in [0.25, 0.3) is 0 Å². The van der Waals surface area contributed by atoms with Crippen LogP contribution in [0, 0.1) is 0 Å². The van der Waals surface area contributed by atoms with E-state index in [0.29, 0.717) is 0 Å². The fourth-order valence-electron chi connectivity index (χ4n) is 4.12. The van der Waals surface area contributed by atoms with Crippen molar-refractivity contribution in [3.05, 3.63) is 12.2 Å². The number of ether oxygens (including phenoxy) is 1. The van der Waals surface area contributed by atoms with E-state index in [1.54, 1.807) is 0 Å². The number of hydrogen-bond acceptors (Lipinski definition) is 8. The molecular weight excluding hydrogens is 414 g/mol. The number of allylic oxidation sites excluding steroid dienone is 1. The van der Waals surface area contributed by atoms with Gasteiger partial charge in [0.1, 0.15) is 36.6 Å². The molecule has 0 aromatic carbocycles. The summed E-state index contributed by atoms with van der Waals surface area (Å²) in [4.78, 5) is 0. The van der Waals surface area contributed by atoms with Gasteiger partial charge >= 0.3 is 0 Å². The van der Waals surface area contributed by atoms with Gasteiger partial charge in [-0.05, 0) is 12.8 Å². The lowest BCUT2D eigenvalue weighted by Crippen LogP contribution is -2.64. The van der Waals surface area contributed by atoms with Gasteiger partial charge in [-0.2, -0.15) is 0 Å². The van der Waals surface area contributed by atoms with Crippen molar-refractivity contribution in [3.8, 4) is 0 Å². The third kappa shape index (κ3) is 10.1. The van der Waals surface area contributed by atoms with Gasteiger partial charge < -0.3 is 41.1 Å². The molecule has 1 unspecified atom stereocenters. The predicted molar refractivity (Wildman–Crippen MR) is 124 cm³/mol. The van der Waals surface area contributed by atoms with E-state index in [2.05, 4.69) is 6.92 Å². The number of aliphatic hydroxyl groups excluding tert-OH is 6. The smallest absolute Gasteiger partial charge is 0.114 e. The molecule has 0 bridgehead atoms. The summed E-state index contributed by atoms with van der Waals surface area (Å²) in [5.41, 5.74) is 5.92. The van der Waals surface area contributed by atoms with Gasteiger partial charge in [-0.1, -0.05) is 83.3 Å². The van der Waals surface area contributed by atoms with E-state index < -0.39 is 55.4 Å².